The second kappa shape index (κ2) is 6.82. The van der Waals surface area contributed by atoms with Gasteiger partial charge in [0.1, 0.15) is 5.82 Å². The number of hydrogen-bond acceptors (Lipinski definition) is 6. The van der Waals surface area contributed by atoms with Crippen molar-refractivity contribution in [2.45, 2.75) is 24.7 Å². The number of nitrogens with two attached hydrogens (primary N) is 1. The van der Waals surface area contributed by atoms with Gasteiger partial charge in [-0.2, -0.15) is 4.31 Å². The predicted octanol–water partition coefficient (Wildman–Crippen LogP) is 0.724. The fourth-order valence-electron chi connectivity index (χ4n) is 3.70. The van der Waals surface area contributed by atoms with Gasteiger partial charge in [0.05, 0.1) is 21.7 Å². The first-order valence-corrected chi connectivity index (χ1v) is 10.7. The molecule has 1 saturated heterocycles. The summed E-state index contributed by atoms with van der Waals surface area (Å²) in [6.07, 6.45) is 1.58. The number of amides is 2. The SMILES string of the molecule is CC1CCN(S(=O)(=O)c2cccc(-n3c(N)c4c(cc3=O)C(=O)NC4=O)c2)CC1. The number of carbonyl (C=O) groups excluding carboxylic acids is 2. The Morgan fingerprint density at radius 2 is 1.76 bits per heavy atom. The summed E-state index contributed by atoms with van der Waals surface area (Å²) in [5.74, 6) is -1.11. The maximum absolute atomic E-state index is 13.0. The first-order chi connectivity index (χ1) is 13.7. The van der Waals surface area contributed by atoms with Gasteiger partial charge in [0, 0.05) is 19.2 Å². The van der Waals surface area contributed by atoms with E-state index in [1.54, 1.807) is 0 Å². The van der Waals surface area contributed by atoms with Crippen LogP contribution in [0.25, 0.3) is 5.69 Å². The third kappa shape index (κ3) is 3.14. The molecule has 29 heavy (non-hydrogen) atoms. The lowest BCUT2D eigenvalue weighted by atomic mass is 10.0. The van der Waals surface area contributed by atoms with Crippen molar-refractivity contribution >= 4 is 27.7 Å². The van der Waals surface area contributed by atoms with E-state index in [1.807, 2.05) is 0 Å². The standard InChI is InChI=1S/C19H20N4O5S/c1-11-5-7-22(8-6-11)29(27,28)13-4-2-3-12(9-13)23-15(24)10-14-16(17(23)20)19(26)21-18(14)25/h2-4,9-11H,5-8,20H2,1H3,(H,21,25,26). The molecular formula is C19H20N4O5S. The molecule has 152 valence electrons. The van der Waals surface area contributed by atoms with Gasteiger partial charge in [0.2, 0.25) is 10.0 Å². The van der Waals surface area contributed by atoms with E-state index in [9.17, 15) is 22.8 Å². The monoisotopic (exact) mass is 416 g/mol. The maximum Gasteiger partial charge on any atom is 0.262 e. The van der Waals surface area contributed by atoms with Gasteiger partial charge in [-0.25, -0.2) is 8.42 Å². The lowest BCUT2D eigenvalue weighted by Gasteiger charge is -2.29. The van der Waals surface area contributed by atoms with E-state index in [0.717, 1.165) is 23.5 Å². The third-order valence-corrected chi connectivity index (χ3v) is 7.30. The largest absolute Gasteiger partial charge is 0.384 e. The molecule has 0 spiro atoms. The Morgan fingerprint density at radius 3 is 2.45 bits per heavy atom. The second-order valence-electron chi connectivity index (χ2n) is 7.36. The molecule has 2 aliphatic heterocycles. The zero-order valence-corrected chi connectivity index (χ0v) is 16.5. The quantitative estimate of drug-likeness (QED) is 0.709. The molecule has 4 rings (SSSR count). The molecule has 0 saturated carbocycles. The molecule has 0 aliphatic carbocycles. The summed E-state index contributed by atoms with van der Waals surface area (Å²) in [5, 5.41) is 2.10. The van der Waals surface area contributed by atoms with Gasteiger partial charge in [0.25, 0.3) is 17.4 Å². The van der Waals surface area contributed by atoms with E-state index in [0.29, 0.717) is 19.0 Å². The minimum atomic E-state index is -3.73. The average molecular weight is 416 g/mol. The van der Waals surface area contributed by atoms with E-state index in [4.69, 9.17) is 5.73 Å². The molecule has 10 heteroatoms. The number of sulfonamides is 1. The van der Waals surface area contributed by atoms with Gasteiger partial charge < -0.3 is 5.73 Å². The lowest BCUT2D eigenvalue weighted by molar-refractivity contribution is 0.0880. The van der Waals surface area contributed by atoms with Gasteiger partial charge >= 0.3 is 0 Å². The topological polar surface area (TPSA) is 132 Å². The van der Waals surface area contributed by atoms with Gasteiger partial charge in [0.15, 0.2) is 0 Å². The Kier molecular flexibility index (Phi) is 4.55. The smallest absolute Gasteiger partial charge is 0.262 e. The van der Waals surface area contributed by atoms with Gasteiger partial charge in [-0.05, 0) is 37.0 Å². The van der Waals surface area contributed by atoms with Crippen LogP contribution in [-0.2, 0) is 10.0 Å². The zero-order chi connectivity index (χ0) is 20.9. The minimum absolute atomic E-state index is 0.0388. The molecule has 1 aromatic carbocycles. The van der Waals surface area contributed by atoms with Crippen molar-refractivity contribution in [1.82, 2.24) is 14.2 Å². The molecule has 0 atom stereocenters. The van der Waals surface area contributed by atoms with E-state index < -0.39 is 27.4 Å². The lowest BCUT2D eigenvalue weighted by Crippen LogP contribution is -2.37. The first-order valence-electron chi connectivity index (χ1n) is 9.22. The van der Waals surface area contributed by atoms with E-state index in [-0.39, 0.29) is 27.5 Å². The number of hydrogen-bond donors (Lipinski definition) is 2. The number of pyridine rings is 1. The molecule has 9 nitrogen and oxygen atoms in total. The highest BCUT2D eigenvalue weighted by molar-refractivity contribution is 7.89. The summed E-state index contributed by atoms with van der Waals surface area (Å²) in [7, 11) is -3.73. The summed E-state index contributed by atoms with van der Waals surface area (Å²) in [6, 6.07) is 6.88. The molecule has 0 bridgehead atoms. The Bertz CT molecular complexity index is 1190. The van der Waals surface area contributed by atoms with Crippen LogP contribution < -0.4 is 16.6 Å². The molecule has 3 heterocycles. The predicted molar refractivity (Wildman–Crippen MR) is 105 cm³/mol. The van der Waals surface area contributed by atoms with Crippen molar-refractivity contribution in [2.24, 2.45) is 5.92 Å². The molecule has 2 aliphatic rings. The highest BCUT2D eigenvalue weighted by Gasteiger charge is 2.32. The number of imide groups is 1. The maximum atomic E-state index is 13.0. The van der Waals surface area contributed by atoms with E-state index in [2.05, 4.69) is 12.2 Å². The van der Waals surface area contributed by atoms with Crippen LogP contribution in [0, 0.1) is 5.92 Å². The minimum Gasteiger partial charge on any atom is -0.384 e. The van der Waals surface area contributed by atoms with Gasteiger partial charge in [-0.3, -0.25) is 24.3 Å². The van der Waals surface area contributed by atoms with Crippen molar-refractivity contribution in [1.29, 1.82) is 0 Å². The molecule has 1 fully saturated rings. The Balaban J connectivity index is 1.80. The molecule has 2 aromatic rings. The van der Waals surface area contributed by atoms with Crippen molar-refractivity contribution in [3.05, 3.63) is 51.8 Å². The van der Waals surface area contributed by atoms with Crippen molar-refractivity contribution in [3.8, 4) is 5.69 Å². The number of fused-ring (bicyclic) bond motifs is 1. The highest BCUT2D eigenvalue weighted by Crippen LogP contribution is 2.27. The average Bonchev–Trinajstić information content (AvgIpc) is 2.96. The number of aromatic nitrogens is 1. The second-order valence-corrected chi connectivity index (χ2v) is 9.30. The van der Waals surface area contributed by atoms with Crippen molar-refractivity contribution in [3.63, 3.8) is 0 Å². The number of nitrogens with one attached hydrogen (secondary N) is 1. The number of nitrogen functional groups attached to an aromatic ring is 1. The fraction of sp³-hybridized carbons (Fsp3) is 0.316. The van der Waals surface area contributed by atoms with Crippen LogP contribution in [0.5, 0.6) is 0 Å². The van der Waals surface area contributed by atoms with Crippen molar-refractivity contribution < 1.29 is 18.0 Å². The van der Waals surface area contributed by atoms with Crippen LogP contribution in [0.4, 0.5) is 5.82 Å². The first kappa shape index (κ1) is 19.3. The summed E-state index contributed by atoms with van der Waals surface area (Å²) in [6.45, 7) is 2.97. The van der Waals surface area contributed by atoms with Crippen molar-refractivity contribution in [2.75, 3.05) is 18.8 Å². The number of anilines is 1. The van der Waals surface area contributed by atoms with Gasteiger partial charge in [-0.1, -0.05) is 13.0 Å². The van der Waals surface area contributed by atoms with Crippen LogP contribution in [-0.4, -0.2) is 42.2 Å². The molecule has 3 N–H and O–H groups in total. The van der Waals surface area contributed by atoms with Gasteiger partial charge in [-0.15, -0.1) is 0 Å². The Hall–Kier alpha value is -2.98. The summed E-state index contributed by atoms with van der Waals surface area (Å²) < 4.78 is 28.5. The zero-order valence-electron chi connectivity index (χ0n) is 15.7. The summed E-state index contributed by atoms with van der Waals surface area (Å²) >= 11 is 0. The van der Waals surface area contributed by atoms with Crippen LogP contribution in [0.15, 0.2) is 40.0 Å². The molecule has 0 radical (unpaired) electrons. The van der Waals surface area contributed by atoms with Crippen LogP contribution in [0.1, 0.15) is 40.5 Å². The normalized spacial score (nSPS) is 18.0. The van der Waals surface area contributed by atoms with E-state index in [1.165, 1.54) is 28.6 Å². The number of piperidine rings is 1. The van der Waals surface area contributed by atoms with Crippen LogP contribution in [0.2, 0.25) is 0 Å². The van der Waals surface area contributed by atoms with Crippen LogP contribution >= 0.6 is 0 Å². The molecule has 2 amide bonds. The molecular weight excluding hydrogens is 396 g/mol. The van der Waals surface area contributed by atoms with E-state index >= 15 is 0 Å². The summed E-state index contributed by atoms with van der Waals surface area (Å²) in [5.41, 5.74) is 5.42. The highest BCUT2D eigenvalue weighted by atomic mass is 32.2. The number of benzene rings is 1. The number of rotatable bonds is 3. The van der Waals surface area contributed by atoms with Crippen LogP contribution in [0.3, 0.4) is 0 Å². The number of nitrogens with zero attached hydrogens (tertiary/aromatic N) is 2. The third-order valence-electron chi connectivity index (χ3n) is 5.41. The Morgan fingerprint density at radius 1 is 1.07 bits per heavy atom. The molecule has 1 aromatic heterocycles. The fourth-order valence-corrected chi connectivity index (χ4v) is 5.21. The number of carbonyl (C=O) groups is 2. The molecule has 0 unspecified atom stereocenters. The summed E-state index contributed by atoms with van der Waals surface area (Å²) in [4.78, 5) is 36.4. The Labute approximate surface area is 167 Å².